The van der Waals surface area contributed by atoms with Crippen molar-refractivity contribution in [3.05, 3.63) is 83.8 Å². The van der Waals surface area contributed by atoms with Crippen molar-refractivity contribution in [3.8, 4) is 0 Å². The number of pyridine rings is 2. The van der Waals surface area contributed by atoms with E-state index in [0.29, 0.717) is 19.5 Å². The molecule has 0 aliphatic carbocycles. The summed E-state index contributed by atoms with van der Waals surface area (Å²) in [5.41, 5.74) is 3.92. The number of sulfonamides is 1. The molecule has 0 saturated carbocycles. The highest BCUT2D eigenvalue weighted by Crippen LogP contribution is 2.29. The fourth-order valence-corrected chi connectivity index (χ4v) is 5.45. The molecule has 2 aromatic heterocycles. The third kappa shape index (κ3) is 5.68. The van der Waals surface area contributed by atoms with Crippen molar-refractivity contribution in [2.45, 2.75) is 32.1 Å². The summed E-state index contributed by atoms with van der Waals surface area (Å²) in [5, 5.41) is 3.27. The normalized spacial score (nSPS) is 15.6. The van der Waals surface area contributed by atoms with E-state index in [1.165, 1.54) is 0 Å². The molecule has 0 amide bonds. The number of rotatable bonds is 7. The van der Waals surface area contributed by atoms with Gasteiger partial charge in [-0.3, -0.25) is 4.98 Å². The summed E-state index contributed by atoms with van der Waals surface area (Å²) in [7, 11) is -3.24. The Bertz CT molecular complexity index is 1090. The zero-order valence-electron chi connectivity index (χ0n) is 17.7. The van der Waals surface area contributed by atoms with Gasteiger partial charge in [-0.05, 0) is 56.0 Å². The van der Waals surface area contributed by atoms with Gasteiger partial charge in [0, 0.05) is 30.4 Å². The Hall–Kier alpha value is -2.77. The SMILES string of the molecule is Cc1cccc(Nc2ccc(C3CCN(S(=O)(=O)CCc4ccccc4)CC3)nc2)n1. The number of aromatic nitrogens is 2. The zero-order chi connectivity index (χ0) is 21.7. The minimum atomic E-state index is -3.24. The zero-order valence-corrected chi connectivity index (χ0v) is 18.6. The third-order valence-electron chi connectivity index (χ3n) is 5.70. The Labute approximate surface area is 184 Å². The lowest BCUT2D eigenvalue weighted by molar-refractivity contribution is 0.317. The Balaban J connectivity index is 1.31. The molecule has 3 aromatic rings. The van der Waals surface area contributed by atoms with Gasteiger partial charge in [-0.15, -0.1) is 0 Å². The molecule has 1 fully saturated rings. The quantitative estimate of drug-likeness (QED) is 0.598. The summed E-state index contributed by atoms with van der Waals surface area (Å²) in [6.07, 6.45) is 3.96. The molecule has 1 aliphatic heterocycles. The largest absolute Gasteiger partial charge is 0.339 e. The fourth-order valence-electron chi connectivity index (χ4n) is 3.93. The first-order valence-corrected chi connectivity index (χ1v) is 12.3. The first-order chi connectivity index (χ1) is 15.0. The minimum absolute atomic E-state index is 0.160. The van der Waals surface area contributed by atoms with Crippen LogP contribution in [-0.2, 0) is 16.4 Å². The van der Waals surface area contributed by atoms with Crippen molar-refractivity contribution in [3.63, 3.8) is 0 Å². The molecule has 0 unspecified atom stereocenters. The van der Waals surface area contributed by atoms with Crippen molar-refractivity contribution in [2.24, 2.45) is 0 Å². The number of piperidine rings is 1. The van der Waals surface area contributed by atoms with Crippen molar-refractivity contribution in [1.82, 2.24) is 14.3 Å². The Morgan fingerprint density at radius 2 is 1.77 bits per heavy atom. The van der Waals surface area contributed by atoms with Crippen LogP contribution in [0.3, 0.4) is 0 Å². The monoisotopic (exact) mass is 436 g/mol. The summed E-state index contributed by atoms with van der Waals surface area (Å²) in [4.78, 5) is 9.07. The van der Waals surface area contributed by atoms with Gasteiger partial charge < -0.3 is 5.32 Å². The number of anilines is 2. The molecule has 0 radical (unpaired) electrons. The molecule has 0 bridgehead atoms. The van der Waals surface area contributed by atoms with Crippen molar-refractivity contribution >= 4 is 21.5 Å². The molecule has 1 N–H and O–H groups in total. The first kappa shape index (κ1) is 21.5. The Kier molecular flexibility index (Phi) is 6.63. The van der Waals surface area contributed by atoms with E-state index in [9.17, 15) is 8.42 Å². The highest BCUT2D eigenvalue weighted by molar-refractivity contribution is 7.89. The molecular formula is C24H28N4O2S. The summed E-state index contributed by atoms with van der Waals surface area (Å²) < 4.78 is 27.1. The molecule has 0 spiro atoms. The predicted molar refractivity (Wildman–Crippen MR) is 124 cm³/mol. The number of benzene rings is 1. The molecule has 31 heavy (non-hydrogen) atoms. The molecule has 6 nitrogen and oxygen atoms in total. The van der Waals surface area contributed by atoms with Crippen LogP contribution in [0, 0.1) is 6.92 Å². The number of hydrogen-bond donors (Lipinski definition) is 1. The summed E-state index contributed by atoms with van der Waals surface area (Å²) in [5.74, 6) is 1.24. The molecule has 1 aromatic carbocycles. The van der Waals surface area contributed by atoms with Crippen LogP contribution < -0.4 is 5.32 Å². The number of nitrogens with zero attached hydrogens (tertiary/aromatic N) is 3. The summed E-state index contributed by atoms with van der Waals surface area (Å²) >= 11 is 0. The predicted octanol–water partition coefficient (Wildman–Crippen LogP) is 4.28. The maximum absolute atomic E-state index is 12.7. The van der Waals surface area contributed by atoms with Crippen LogP contribution in [0.1, 0.15) is 35.7 Å². The summed E-state index contributed by atoms with van der Waals surface area (Å²) in [6, 6.07) is 19.7. The molecule has 4 rings (SSSR count). The lowest BCUT2D eigenvalue weighted by Gasteiger charge is -2.31. The van der Waals surface area contributed by atoms with E-state index in [1.54, 1.807) is 4.31 Å². The van der Waals surface area contributed by atoms with Gasteiger partial charge in [0.05, 0.1) is 17.6 Å². The highest BCUT2D eigenvalue weighted by atomic mass is 32.2. The molecule has 0 atom stereocenters. The van der Waals surface area contributed by atoms with Crippen LogP contribution in [-0.4, -0.2) is 41.5 Å². The molecular weight excluding hydrogens is 408 g/mol. The second kappa shape index (κ2) is 9.58. The van der Waals surface area contributed by atoms with Crippen LogP contribution in [0.5, 0.6) is 0 Å². The number of hydrogen-bond acceptors (Lipinski definition) is 5. The molecule has 3 heterocycles. The van der Waals surface area contributed by atoms with E-state index in [4.69, 9.17) is 0 Å². The van der Waals surface area contributed by atoms with Crippen molar-refractivity contribution in [2.75, 3.05) is 24.2 Å². The smallest absolute Gasteiger partial charge is 0.214 e. The summed E-state index contributed by atoms with van der Waals surface area (Å²) in [6.45, 7) is 3.06. The van der Waals surface area contributed by atoms with Crippen molar-refractivity contribution < 1.29 is 8.42 Å². The van der Waals surface area contributed by atoms with Crippen LogP contribution >= 0.6 is 0 Å². The van der Waals surface area contributed by atoms with Gasteiger partial charge in [-0.2, -0.15) is 0 Å². The lowest BCUT2D eigenvalue weighted by Crippen LogP contribution is -2.39. The lowest BCUT2D eigenvalue weighted by atomic mass is 9.94. The van der Waals surface area contributed by atoms with Gasteiger partial charge in [0.1, 0.15) is 5.82 Å². The highest BCUT2D eigenvalue weighted by Gasteiger charge is 2.28. The molecule has 162 valence electrons. The number of aryl methyl sites for hydroxylation is 2. The van der Waals surface area contributed by atoms with Crippen LogP contribution in [0.25, 0.3) is 0 Å². The van der Waals surface area contributed by atoms with E-state index in [0.717, 1.165) is 41.3 Å². The van der Waals surface area contributed by atoms with Gasteiger partial charge in [-0.25, -0.2) is 17.7 Å². The van der Waals surface area contributed by atoms with E-state index in [2.05, 4.69) is 15.3 Å². The van der Waals surface area contributed by atoms with Crippen molar-refractivity contribution in [1.29, 1.82) is 0 Å². The van der Waals surface area contributed by atoms with Crippen LogP contribution in [0.15, 0.2) is 66.9 Å². The van der Waals surface area contributed by atoms with E-state index in [1.807, 2.05) is 73.8 Å². The average molecular weight is 437 g/mol. The van der Waals surface area contributed by atoms with E-state index >= 15 is 0 Å². The maximum atomic E-state index is 12.7. The molecule has 7 heteroatoms. The minimum Gasteiger partial charge on any atom is -0.339 e. The average Bonchev–Trinajstić information content (AvgIpc) is 2.79. The van der Waals surface area contributed by atoms with Gasteiger partial charge in [0.2, 0.25) is 10.0 Å². The van der Waals surface area contributed by atoms with Crippen LogP contribution in [0.2, 0.25) is 0 Å². The van der Waals surface area contributed by atoms with Gasteiger partial charge >= 0.3 is 0 Å². The maximum Gasteiger partial charge on any atom is 0.214 e. The van der Waals surface area contributed by atoms with E-state index in [-0.39, 0.29) is 11.7 Å². The standard InChI is InChI=1S/C24H28N4O2S/c1-19-6-5-9-24(26-19)27-22-10-11-23(25-18-22)21-12-15-28(16-13-21)31(29,30)17-14-20-7-3-2-4-8-20/h2-11,18,21H,12-17H2,1H3,(H,26,27). The Morgan fingerprint density at radius 1 is 1.00 bits per heavy atom. The third-order valence-corrected chi connectivity index (χ3v) is 7.58. The first-order valence-electron chi connectivity index (χ1n) is 10.7. The topological polar surface area (TPSA) is 75.2 Å². The second-order valence-corrected chi connectivity index (χ2v) is 10.1. The number of nitrogens with one attached hydrogen (secondary N) is 1. The van der Waals surface area contributed by atoms with Gasteiger partial charge in [-0.1, -0.05) is 36.4 Å². The van der Waals surface area contributed by atoms with Crippen LogP contribution in [0.4, 0.5) is 11.5 Å². The second-order valence-electron chi connectivity index (χ2n) is 7.99. The fraction of sp³-hybridized carbons (Fsp3) is 0.333. The molecule has 1 aliphatic rings. The Morgan fingerprint density at radius 3 is 2.45 bits per heavy atom. The van der Waals surface area contributed by atoms with E-state index < -0.39 is 10.0 Å². The van der Waals surface area contributed by atoms with Gasteiger partial charge in [0.25, 0.3) is 0 Å². The molecule has 1 saturated heterocycles. The van der Waals surface area contributed by atoms with Gasteiger partial charge in [0.15, 0.2) is 0 Å².